The van der Waals surface area contributed by atoms with E-state index in [0.717, 1.165) is 5.56 Å². The fourth-order valence-electron chi connectivity index (χ4n) is 2.68. The summed E-state index contributed by atoms with van der Waals surface area (Å²) in [4.78, 5) is 13.9. The molecule has 0 aliphatic carbocycles. The van der Waals surface area contributed by atoms with Crippen molar-refractivity contribution in [3.63, 3.8) is 0 Å². The largest absolute Gasteiger partial charge is 0.480 e. The molecule has 4 heteroatoms. The first-order chi connectivity index (χ1) is 8.71. The molecule has 98 valence electrons. The average Bonchev–Trinajstić information content (AvgIpc) is 2.42. The predicted molar refractivity (Wildman–Crippen MR) is 68.4 cm³/mol. The van der Waals surface area contributed by atoms with Gasteiger partial charge < -0.3 is 9.84 Å². The van der Waals surface area contributed by atoms with Gasteiger partial charge >= 0.3 is 5.97 Å². The maximum absolute atomic E-state index is 11.9. The summed E-state index contributed by atoms with van der Waals surface area (Å²) in [6.45, 7) is 4.45. The molecule has 0 bridgehead atoms. The van der Waals surface area contributed by atoms with Gasteiger partial charge in [0.05, 0.1) is 13.2 Å². The highest BCUT2D eigenvalue weighted by atomic mass is 16.5. The smallest absolute Gasteiger partial charge is 0.328 e. The monoisotopic (exact) mass is 249 g/mol. The van der Waals surface area contributed by atoms with Crippen LogP contribution < -0.4 is 0 Å². The van der Waals surface area contributed by atoms with E-state index in [1.165, 1.54) is 0 Å². The van der Waals surface area contributed by atoms with Crippen LogP contribution in [-0.2, 0) is 15.1 Å². The molecule has 0 amide bonds. The van der Waals surface area contributed by atoms with Crippen LogP contribution >= 0.6 is 0 Å². The number of rotatable bonds is 4. The molecule has 2 rings (SSSR count). The van der Waals surface area contributed by atoms with Crippen LogP contribution in [-0.4, -0.2) is 42.3 Å². The fraction of sp³-hybridized carbons (Fsp3) is 0.500. The highest BCUT2D eigenvalue weighted by Crippen LogP contribution is 2.33. The highest BCUT2D eigenvalue weighted by Gasteiger charge is 2.44. The second kappa shape index (κ2) is 5.50. The van der Waals surface area contributed by atoms with E-state index in [4.69, 9.17) is 4.74 Å². The minimum Gasteiger partial charge on any atom is -0.480 e. The third-order valence-corrected chi connectivity index (χ3v) is 3.67. The Kier molecular flexibility index (Phi) is 3.99. The van der Waals surface area contributed by atoms with E-state index < -0.39 is 11.5 Å². The number of carboxylic acids is 1. The number of aliphatic carboxylic acids is 1. The Bertz CT molecular complexity index is 401. The minimum absolute atomic E-state index is 0.548. The van der Waals surface area contributed by atoms with Gasteiger partial charge in [-0.3, -0.25) is 4.90 Å². The molecule has 1 aromatic rings. The normalized spacial score (nSPS) is 20.3. The van der Waals surface area contributed by atoms with E-state index >= 15 is 0 Å². The SMILES string of the molecule is CCC(C(=O)O)(c1ccccc1)N1CCOCC1. The highest BCUT2D eigenvalue weighted by molar-refractivity contribution is 5.80. The molecule has 1 atom stereocenters. The maximum atomic E-state index is 11.9. The van der Waals surface area contributed by atoms with E-state index in [2.05, 4.69) is 0 Å². The minimum atomic E-state index is -0.926. The molecule has 0 radical (unpaired) electrons. The Labute approximate surface area is 107 Å². The second-order valence-electron chi connectivity index (χ2n) is 4.48. The Morgan fingerprint density at radius 1 is 1.33 bits per heavy atom. The van der Waals surface area contributed by atoms with E-state index in [0.29, 0.717) is 32.7 Å². The third-order valence-electron chi connectivity index (χ3n) is 3.67. The molecule has 18 heavy (non-hydrogen) atoms. The van der Waals surface area contributed by atoms with Crippen molar-refractivity contribution < 1.29 is 14.6 Å². The molecule has 1 saturated heterocycles. The molecule has 4 nitrogen and oxygen atoms in total. The molecule has 1 fully saturated rings. The lowest BCUT2D eigenvalue weighted by molar-refractivity contribution is -0.156. The van der Waals surface area contributed by atoms with Crippen LogP contribution in [0.15, 0.2) is 30.3 Å². The number of hydrogen-bond acceptors (Lipinski definition) is 3. The molecule has 1 heterocycles. The van der Waals surface area contributed by atoms with Gasteiger partial charge in [-0.2, -0.15) is 0 Å². The quantitative estimate of drug-likeness (QED) is 0.882. The van der Waals surface area contributed by atoms with Gasteiger partial charge in [0, 0.05) is 13.1 Å². The van der Waals surface area contributed by atoms with Crippen LogP contribution in [0, 0.1) is 0 Å². The summed E-state index contributed by atoms with van der Waals surface area (Å²) >= 11 is 0. The molecular weight excluding hydrogens is 230 g/mol. The first-order valence-corrected chi connectivity index (χ1v) is 6.33. The van der Waals surface area contributed by atoms with Gasteiger partial charge in [-0.1, -0.05) is 37.3 Å². The lowest BCUT2D eigenvalue weighted by atomic mass is 9.85. The molecule has 1 aromatic carbocycles. The van der Waals surface area contributed by atoms with Crippen molar-refractivity contribution >= 4 is 5.97 Å². The van der Waals surface area contributed by atoms with E-state index in [1.807, 2.05) is 42.2 Å². The van der Waals surface area contributed by atoms with E-state index in [9.17, 15) is 9.90 Å². The number of benzene rings is 1. The number of nitrogens with zero attached hydrogens (tertiary/aromatic N) is 1. The summed E-state index contributed by atoms with van der Waals surface area (Å²) in [7, 11) is 0. The van der Waals surface area contributed by atoms with Gasteiger partial charge in [0.25, 0.3) is 0 Å². The lowest BCUT2D eigenvalue weighted by Gasteiger charge is -2.42. The Morgan fingerprint density at radius 3 is 2.44 bits per heavy atom. The number of hydrogen-bond donors (Lipinski definition) is 1. The zero-order valence-electron chi connectivity index (χ0n) is 10.6. The van der Waals surface area contributed by atoms with Crippen LogP contribution in [0.5, 0.6) is 0 Å². The van der Waals surface area contributed by atoms with Crippen molar-refractivity contribution in [2.75, 3.05) is 26.3 Å². The molecule has 1 aliphatic rings. The summed E-state index contributed by atoms with van der Waals surface area (Å²) in [5.74, 6) is -0.780. The standard InChI is InChI=1S/C14H19NO3/c1-2-14(13(16)17,12-6-4-3-5-7-12)15-8-10-18-11-9-15/h3-7H,2,8-11H2,1H3,(H,16,17). The predicted octanol–water partition coefficient (Wildman–Crippen LogP) is 1.71. The van der Waals surface area contributed by atoms with E-state index in [-0.39, 0.29) is 0 Å². The van der Waals surface area contributed by atoms with Crippen LogP contribution in [0.1, 0.15) is 18.9 Å². The number of ether oxygens (including phenoxy) is 1. The van der Waals surface area contributed by atoms with Gasteiger partial charge in [0.1, 0.15) is 5.54 Å². The summed E-state index contributed by atoms with van der Waals surface area (Å²) in [5.41, 5.74) is -0.0766. The Hall–Kier alpha value is -1.39. The number of carboxylic acid groups (broad SMARTS) is 1. The van der Waals surface area contributed by atoms with E-state index in [1.54, 1.807) is 0 Å². The molecule has 1 N–H and O–H groups in total. The Balaban J connectivity index is 2.42. The van der Waals surface area contributed by atoms with Crippen LogP contribution in [0.25, 0.3) is 0 Å². The molecule has 1 unspecified atom stereocenters. The molecule has 1 aliphatic heterocycles. The van der Waals surface area contributed by atoms with Gasteiger partial charge in [-0.25, -0.2) is 4.79 Å². The van der Waals surface area contributed by atoms with Crippen LogP contribution in [0.3, 0.4) is 0 Å². The first kappa shape index (κ1) is 13.1. The lowest BCUT2D eigenvalue weighted by Crippen LogP contribution is -2.55. The second-order valence-corrected chi connectivity index (χ2v) is 4.48. The van der Waals surface area contributed by atoms with Crippen molar-refractivity contribution in [2.45, 2.75) is 18.9 Å². The molecule has 0 spiro atoms. The first-order valence-electron chi connectivity index (χ1n) is 6.33. The van der Waals surface area contributed by atoms with Gasteiger partial charge in [0.2, 0.25) is 0 Å². The fourth-order valence-corrected chi connectivity index (χ4v) is 2.68. The number of morpholine rings is 1. The van der Waals surface area contributed by atoms with Gasteiger partial charge in [-0.05, 0) is 12.0 Å². The number of carbonyl (C=O) groups is 1. The zero-order valence-corrected chi connectivity index (χ0v) is 10.6. The third kappa shape index (κ3) is 2.13. The average molecular weight is 249 g/mol. The summed E-state index contributed by atoms with van der Waals surface area (Å²) < 4.78 is 5.32. The summed E-state index contributed by atoms with van der Waals surface area (Å²) in [6.07, 6.45) is 0.548. The summed E-state index contributed by atoms with van der Waals surface area (Å²) in [5, 5.41) is 9.75. The van der Waals surface area contributed by atoms with Crippen LogP contribution in [0.4, 0.5) is 0 Å². The van der Waals surface area contributed by atoms with Crippen molar-refractivity contribution in [3.05, 3.63) is 35.9 Å². The van der Waals surface area contributed by atoms with Gasteiger partial charge in [0.15, 0.2) is 0 Å². The van der Waals surface area contributed by atoms with Crippen molar-refractivity contribution in [3.8, 4) is 0 Å². The van der Waals surface area contributed by atoms with Gasteiger partial charge in [-0.15, -0.1) is 0 Å². The zero-order chi connectivity index (χ0) is 13.0. The molecule has 0 aromatic heterocycles. The Morgan fingerprint density at radius 2 is 1.94 bits per heavy atom. The van der Waals surface area contributed by atoms with Crippen molar-refractivity contribution in [1.82, 2.24) is 4.90 Å². The van der Waals surface area contributed by atoms with Crippen molar-refractivity contribution in [1.29, 1.82) is 0 Å². The topological polar surface area (TPSA) is 49.8 Å². The van der Waals surface area contributed by atoms with Crippen LogP contribution in [0.2, 0.25) is 0 Å². The summed E-state index contributed by atoms with van der Waals surface area (Å²) in [6, 6.07) is 9.48. The molecular formula is C14H19NO3. The molecule has 0 saturated carbocycles. The van der Waals surface area contributed by atoms with Crippen molar-refractivity contribution in [2.24, 2.45) is 0 Å². The maximum Gasteiger partial charge on any atom is 0.328 e.